The van der Waals surface area contributed by atoms with E-state index >= 15 is 0 Å². The average molecular weight is 432 g/mol. The van der Waals surface area contributed by atoms with Crippen LogP contribution in [0.4, 0.5) is 9.18 Å². The Balaban J connectivity index is 1.61. The summed E-state index contributed by atoms with van der Waals surface area (Å²) in [4.78, 5) is 39.9. The summed E-state index contributed by atoms with van der Waals surface area (Å²) in [6.07, 6.45) is 1.08. The Morgan fingerprint density at radius 3 is 2.35 bits per heavy atom. The normalized spacial score (nSPS) is 21.0. The Hall–Kier alpha value is -2.74. The lowest BCUT2D eigenvalue weighted by atomic mass is 10.1. The van der Waals surface area contributed by atoms with Crippen molar-refractivity contribution in [3.8, 4) is 0 Å². The smallest absolute Gasteiger partial charge is 0.413 e. The lowest BCUT2D eigenvalue weighted by Gasteiger charge is -2.34. The zero-order chi connectivity index (χ0) is 23.0. The van der Waals surface area contributed by atoms with Crippen LogP contribution in [-0.2, 0) is 9.47 Å². The molecule has 0 spiro atoms. The van der Waals surface area contributed by atoms with Gasteiger partial charge in [0.2, 0.25) is 0 Å². The monoisotopic (exact) mass is 432 g/mol. The van der Waals surface area contributed by atoms with Crippen molar-refractivity contribution in [1.29, 1.82) is 0 Å². The van der Waals surface area contributed by atoms with Crippen molar-refractivity contribution >= 4 is 17.9 Å². The molecule has 3 amide bonds. The molecule has 0 bridgehead atoms. The van der Waals surface area contributed by atoms with Crippen molar-refractivity contribution in [3.05, 3.63) is 47.3 Å². The molecule has 8 heteroatoms. The number of nitrogens with zero attached hydrogens (tertiary/aromatic N) is 2. The quantitative estimate of drug-likeness (QED) is 0.649. The summed E-state index contributed by atoms with van der Waals surface area (Å²) < 4.78 is 25.8. The number of hydrogen-bond donors (Lipinski definition) is 0. The zero-order valence-electron chi connectivity index (χ0n) is 18.6. The van der Waals surface area contributed by atoms with Crippen LogP contribution < -0.4 is 0 Å². The number of halogens is 1. The van der Waals surface area contributed by atoms with Crippen LogP contribution in [0.2, 0.25) is 0 Å². The number of ether oxygens (including phenoxy) is 2. The van der Waals surface area contributed by atoms with E-state index in [0.717, 1.165) is 4.90 Å². The first-order chi connectivity index (χ1) is 14.4. The third-order valence-corrected chi connectivity index (χ3v) is 5.16. The molecule has 1 fully saturated rings. The molecule has 0 radical (unpaired) electrons. The fourth-order valence-electron chi connectivity index (χ4n) is 3.76. The van der Waals surface area contributed by atoms with Gasteiger partial charge in [-0.3, -0.25) is 19.4 Å². The lowest BCUT2D eigenvalue weighted by molar-refractivity contribution is -0.0611. The highest BCUT2D eigenvalue weighted by Gasteiger charge is 2.45. The summed E-state index contributed by atoms with van der Waals surface area (Å²) in [6, 6.07) is 6.03. The second kappa shape index (κ2) is 8.42. The van der Waals surface area contributed by atoms with Crippen LogP contribution in [0, 0.1) is 0 Å². The van der Waals surface area contributed by atoms with Crippen LogP contribution in [0.3, 0.4) is 0 Å². The van der Waals surface area contributed by atoms with Gasteiger partial charge >= 0.3 is 6.09 Å². The average Bonchev–Trinajstić information content (AvgIpc) is 3.08. The van der Waals surface area contributed by atoms with Crippen molar-refractivity contribution in [2.75, 3.05) is 13.2 Å². The first-order valence-electron chi connectivity index (χ1n) is 10.4. The molecule has 0 aliphatic carbocycles. The SMILES string of the molecule is CC(C)(C)OC(=O)N1[C@@H](/C=C(\F)CCCN2C(=O)c3ccccc3C2=O)COC1(C)C. The Labute approximate surface area is 181 Å². The molecule has 1 aromatic carbocycles. The molecule has 0 N–H and O–H groups in total. The first kappa shape index (κ1) is 22.9. The second-order valence-electron chi connectivity index (χ2n) is 9.20. The third kappa shape index (κ3) is 4.95. The number of fused-ring (bicyclic) bond motifs is 1. The molecular weight excluding hydrogens is 403 g/mol. The largest absolute Gasteiger partial charge is 0.444 e. The molecule has 2 heterocycles. The van der Waals surface area contributed by atoms with Gasteiger partial charge in [0, 0.05) is 13.0 Å². The van der Waals surface area contributed by atoms with Crippen LogP contribution >= 0.6 is 0 Å². The van der Waals surface area contributed by atoms with E-state index in [1.165, 1.54) is 11.0 Å². The molecule has 7 nitrogen and oxygen atoms in total. The van der Waals surface area contributed by atoms with E-state index in [0.29, 0.717) is 11.1 Å². The van der Waals surface area contributed by atoms with Gasteiger partial charge in [0.05, 0.1) is 29.6 Å². The van der Waals surface area contributed by atoms with Crippen molar-refractivity contribution < 1.29 is 28.2 Å². The van der Waals surface area contributed by atoms with E-state index in [9.17, 15) is 18.8 Å². The number of rotatable bonds is 5. The minimum atomic E-state index is -0.927. The summed E-state index contributed by atoms with van der Waals surface area (Å²) >= 11 is 0. The maximum Gasteiger partial charge on any atom is 0.413 e. The van der Waals surface area contributed by atoms with Gasteiger partial charge in [0.25, 0.3) is 11.8 Å². The number of imide groups is 1. The lowest BCUT2D eigenvalue weighted by Crippen LogP contribution is -2.49. The maximum absolute atomic E-state index is 14.7. The summed E-state index contributed by atoms with van der Waals surface area (Å²) in [5.41, 5.74) is -0.859. The van der Waals surface area contributed by atoms with E-state index in [-0.39, 0.29) is 37.8 Å². The summed E-state index contributed by atoms with van der Waals surface area (Å²) in [7, 11) is 0. The highest BCUT2D eigenvalue weighted by Crippen LogP contribution is 2.31. The fraction of sp³-hybridized carbons (Fsp3) is 0.522. The minimum absolute atomic E-state index is 0.0342. The third-order valence-electron chi connectivity index (χ3n) is 5.16. The molecule has 0 saturated carbocycles. The number of carbonyl (C=O) groups excluding carboxylic acids is 3. The standard InChI is InChI=1S/C23H29FN2O5/c1-22(2,3)31-21(29)26-16(14-30-23(26,4)5)13-15(24)9-8-12-25-19(27)17-10-6-7-11-18(17)20(25)28/h6-7,10-11,13,16H,8-9,12,14H2,1-5H3/b15-13-/t16-/m0/s1. The number of hydrogen-bond acceptors (Lipinski definition) is 5. The van der Waals surface area contributed by atoms with Gasteiger partial charge in [-0.15, -0.1) is 0 Å². The number of benzene rings is 1. The van der Waals surface area contributed by atoms with Crippen LogP contribution in [0.5, 0.6) is 0 Å². The Morgan fingerprint density at radius 2 is 1.81 bits per heavy atom. The van der Waals surface area contributed by atoms with Crippen molar-refractivity contribution in [1.82, 2.24) is 9.80 Å². The predicted octanol–water partition coefficient (Wildman–Crippen LogP) is 4.29. The van der Waals surface area contributed by atoms with Crippen LogP contribution in [0.1, 0.15) is 68.2 Å². The fourth-order valence-corrected chi connectivity index (χ4v) is 3.76. The van der Waals surface area contributed by atoms with Crippen molar-refractivity contribution in [2.24, 2.45) is 0 Å². The summed E-state index contributed by atoms with van der Waals surface area (Å²) in [5, 5.41) is 0. The summed E-state index contributed by atoms with van der Waals surface area (Å²) in [6.45, 7) is 9.02. The van der Waals surface area contributed by atoms with Crippen LogP contribution in [0.25, 0.3) is 0 Å². The minimum Gasteiger partial charge on any atom is -0.444 e. The van der Waals surface area contributed by atoms with Gasteiger partial charge in [0.15, 0.2) is 0 Å². The van der Waals surface area contributed by atoms with Crippen molar-refractivity contribution in [2.45, 2.75) is 64.8 Å². The van der Waals surface area contributed by atoms with E-state index in [1.54, 1.807) is 58.9 Å². The molecule has 2 aliphatic rings. The molecular formula is C23H29FN2O5. The molecule has 1 saturated heterocycles. The van der Waals surface area contributed by atoms with Crippen LogP contribution in [-0.4, -0.2) is 58.2 Å². The van der Waals surface area contributed by atoms with E-state index in [1.807, 2.05) is 0 Å². The highest BCUT2D eigenvalue weighted by molar-refractivity contribution is 6.21. The Kier molecular flexibility index (Phi) is 6.23. The van der Waals surface area contributed by atoms with Crippen molar-refractivity contribution in [3.63, 3.8) is 0 Å². The predicted molar refractivity (Wildman–Crippen MR) is 112 cm³/mol. The van der Waals surface area contributed by atoms with Gasteiger partial charge in [-0.2, -0.15) is 0 Å². The number of amides is 3. The van der Waals surface area contributed by atoms with E-state index in [4.69, 9.17) is 9.47 Å². The first-order valence-corrected chi connectivity index (χ1v) is 10.4. The molecule has 168 valence electrons. The highest BCUT2D eigenvalue weighted by atomic mass is 19.1. The molecule has 0 aromatic heterocycles. The molecule has 31 heavy (non-hydrogen) atoms. The maximum atomic E-state index is 14.7. The Morgan fingerprint density at radius 1 is 1.23 bits per heavy atom. The molecule has 1 atom stereocenters. The number of carbonyl (C=O) groups is 3. The number of allylic oxidation sites excluding steroid dienone is 1. The zero-order valence-corrected chi connectivity index (χ0v) is 18.6. The van der Waals surface area contributed by atoms with Gasteiger partial charge in [-0.1, -0.05) is 12.1 Å². The van der Waals surface area contributed by atoms with Crippen LogP contribution in [0.15, 0.2) is 36.2 Å². The van der Waals surface area contributed by atoms with E-state index in [2.05, 4.69) is 0 Å². The molecule has 0 unspecified atom stereocenters. The summed E-state index contributed by atoms with van der Waals surface area (Å²) in [5.74, 6) is -1.14. The van der Waals surface area contributed by atoms with Gasteiger partial charge < -0.3 is 9.47 Å². The van der Waals surface area contributed by atoms with E-state index < -0.39 is 29.3 Å². The van der Waals surface area contributed by atoms with Gasteiger partial charge in [0.1, 0.15) is 11.3 Å². The topological polar surface area (TPSA) is 76.2 Å². The van der Waals surface area contributed by atoms with Gasteiger partial charge in [-0.25, -0.2) is 9.18 Å². The molecule has 3 rings (SSSR count). The molecule has 2 aliphatic heterocycles. The van der Waals surface area contributed by atoms with Gasteiger partial charge in [-0.05, 0) is 59.2 Å². The Bertz CT molecular complexity index is 884. The molecule has 1 aromatic rings. The second-order valence-corrected chi connectivity index (χ2v) is 9.20.